The molecule has 0 aromatic carbocycles. The molecule has 5 nitrogen and oxygen atoms in total. The van der Waals surface area contributed by atoms with Crippen LogP contribution in [-0.2, 0) is 20.4 Å². The molecule has 0 unspecified atom stereocenters. The number of rotatable bonds is 2. The molecule has 0 N–H and O–H groups in total. The number of carbonyl (C=O) groups excluding carboxylic acids is 1. The third-order valence-corrected chi connectivity index (χ3v) is 5.89. The van der Waals surface area contributed by atoms with Gasteiger partial charge in [0.1, 0.15) is 11.6 Å². The summed E-state index contributed by atoms with van der Waals surface area (Å²) in [7, 11) is 0. The van der Waals surface area contributed by atoms with Gasteiger partial charge in [0, 0.05) is 22.0 Å². The van der Waals surface area contributed by atoms with Crippen LogP contribution in [0.15, 0.2) is 29.9 Å². The number of fused-ring (bicyclic) bond motifs is 4. The van der Waals surface area contributed by atoms with E-state index in [1.807, 2.05) is 19.1 Å². The summed E-state index contributed by atoms with van der Waals surface area (Å²) in [5, 5.41) is 0. The highest BCUT2D eigenvalue weighted by molar-refractivity contribution is 5.90. The Labute approximate surface area is 146 Å². The lowest BCUT2D eigenvalue weighted by Gasteiger charge is -2.20. The molecule has 2 aliphatic carbocycles. The van der Waals surface area contributed by atoms with Crippen LogP contribution in [0, 0.1) is 0 Å². The number of hydrogen-bond acceptors (Lipinski definition) is 5. The minimum atomic E-state index is -0.231. The number of aromatic nitrogens is 3. The normalized spacial score (nSPS) is 29.2. The van der Waals surface area contributed by atoms with Crippen LogP contribution in [0.4, 0.5) is 0 Å². The van der Waals surface area contributed by atoms with Crippen LogP contribution in [0.5, 0.6) is 0 Å². The molecule has 0 amide bonds. The molecule has 5 heteroatoms. The van der Waals surface area contributed by atoms with Gasteiger partial charge in [0.25, 0.3) is 0 Å². The summed E-state index contributed by atoms with van der Waals surface area (Å²) >= 11 is 0. The number of nitrogens with zero attached hydrogens (tertiary/aromatic N) is 3. The number of allylic oxidation sites excluding steroid dienone is 5. The van der Waals surface area contributed by atoms with E-state index in [4.69, 9.17) is 19.7 Å². The largest absolute Gasteiger partial charge is 0.463 e. The number of ether oxygens (including phenoxy) is 1. The topological polar surface area (TPSA) is 65.0 Å². The number of esters is 1. The average Bonchev–Trinajstić information content (AvgIpc) is 3.51. The van der Waals surface area contributed by atoms with E-state index in [2.05, 4.69) is 12.2 Å². The maximum absolute atomic E-state index is 12.4. The first kappa shape index (κ1) is 15.0. The van der Waals surface area contributed by atoms with E-state index in [0.717, 1.165) is 55.2 Å². The zero-order valence-corrected chi connectivity index (χ0v) is 14.4. The lowest BCUT2D eigenvalue weighted by Crippen LogP contribution is -2.22. The third kappa shape index (κ3) is 2.36. The lowest BCUT2D eigenvalue weighted by molar-refractivity contribution is -0.138. The quantitative estimate of drug-likeness (QED) is 0.777. The molecular formula is C20H21N3O2. The summed E-state index contributed by atoms with van der Waals surface area (Å²) in [5.41, 5.74) is 1.65. The van der Waals surface area contributed by atoms with Crippen LogP contribution >= 0.6 is 0 Å². The molecule has 1 aromatic heterocycles. The van der Waals surface area contributed by atoms with E-state index in [-0.39, 0.29) is 16.8 Å². The van der Waals surface area contributed by atoms with Gasteiger partial charge in [-0.3, -0.25) is 0 Å². The Kier molecular flexibility index (Phi) is 3.06. The van der Waals surface area contributed by atoms with Crippen molar-refractivity contribution in [1.82, 2.24) is 15.0 Å². The van der Waals surface area contributed by atoms with Crippen molar-refractivity contribution >= 4 is 11.5 Å². The fourth-order valence-electron chi connectivity index (χ4n) is 3.87. The van der Waals surface area contributed by atoms with Crippen LogP contribution in [0.25, 0.3) is 5.57 Å². The van der Waals surface area contributed by atoms with E-state index in [1.165, 1.54) is 0 Å². The first-order valence-corrected chi connectivity index (χ1v) is 9.16. The van der Waals surface area contributed by atoms with Gasteiger partial charge in [-0.2, -0.15) is 0 Å². The highest BCUT2D eigenvalue weighted by Crippen LogP contribution is 2.54. The minimum Gasteiger partial charge on any atom is -0.463 e. The predicted molar refractivity (Wildman–Crippen MR) is 92.7 cm³/mol. The van der Waals surface area contributed by atoms with E-state index < -0.39 is 0 Å². The number of carbonyl (C=O) groups is 1. The minimum absolute atomic E-state index is 0.118. The summed E-state index contributed by atoms with van der Waals surface area (Å²) in [6, 6.07) is 0. The molecule has 5 rings (SSSR count). The molecule has 1 aromatic rings. The zero-order valence-electron chi connectivity index (χ0n) is 14.4. The smallest absolute Gasteiger partial charge is 0.334 e. The second kappa shape index (κ2) is 5.10. The van der Waals surface area contributed by atoms with E-state index in [1.54, 1.807) is 0 Å². The lowest BCUT2D eigenvalue weighted by atomic mass is 9.94. The van der Waals surface area contributed by atoms with Crippen molar-refractivity contribution in [2.24, 2.45) is 0 Å². The Morgan fingerprint density at radius 2 is 1.80 bits per heavy atom. The van der Waals surface area contributed by atoms with E-state index in [9.17, 15) is 4.79 Å². The Bertz CT molecular complexity index is 854. The fourth-order valence-corrected chi connectivity index (χ4v) is 3.87. The van der Waals surface area contributed by atoms with E-state index in [0.29, 0.717) is 18.6 Å². The Morgan fingerprint density at radius 1 is 1.08 bits per heavy atom. The molecule has 4 aliphatic rings. The molecule has 0 saturated heterocycles. The maximum atomic E-state index is 12.4. The third-order valence-electron chi connectivity index (χ3n) is 5.89. The Morgan fingerprint density at radius 3 is 2.48 bits per heavy atom. The summed E-state index contributed by atoms with van der Waals surface area (Å²) in [6.45, 7) is 2.22. The highest BCUT2D eigenvalue weighted by atomic mass is 16.5. The summed E-state index contributed by atoms with van der Waals surface area (Å²) in [4.78, 5) is 26.9. The van der Waals surface area contributed by atoms with Crippen LogP contribution in [0.2, 0.25) is 0 Å². The van der Waals surface area contributed by atoms with Crippen LogP contribution in [0.1, 0.15) is 62.9 Å². The molecule has 3 bridgehead atoms. The van der Waals surface area contributed by atoms with Crippen LogP contribution < -0.4 is 0 Å². The van der Waals surface area contributed by atoms with Gasteiger partial charge in [0.2, 0.25) is 0 Å². The molecule has 25 heavy (non-hydrogen) atoms. The molecule has 0 radical (unpaired) electrons. The zero-order chi connectivity index (χ0) is 17.1. The first-order valence-electron chi connectivity index (χ1n) is 9.16. The van der Waals surface area contributed by atoms with Gasteiger partial charge in [0.05, 0.1) is 6.61 Å². The molecule has 2 saturated carbocycles. The van der Waals surface area contributed by atoms with Gasteiger partial charge < -0.3 is 4.74 Å². The van der Waals surface area contributed by atoms with Crippen molar-refractivity contribution in [2.75, 3.05) is 6.61 Å². The second-order valence-electron chi connectivity index (χ2n) is 7.68. The molecule has 2 fully saturated rings. The number of hydrogen-bond donors (Lipinski definition) is 0. The van der Waals surface area contributed by atoms with Gasteiger partial charge in [-0.05, 0) is 45.4 Å². The first-order chi connectivity index (χ1) is 12.1. The predicted octanol–water partition coefficient (Wildman–Crippen LogP) is 3.17. The molecular weight excluding hydrogens is 314 g/mol. The summed E-state index contributed by atoms with van der Waals surface area (Å²) < 4.78 is 5.26. The van der Waals surface area contributed by atoms with Crippen molar-refractivity contribution in [1.29, 1.82) is 0 Å². The van der Waals surface area contributed by atoms with E-state index >= 15 is 0 Å². The van der Waals surface area contributed by atoms with Gasteiger partial charge >= 0.3 is 5.97 Å². The van der Waals surface area contributed by atoms with Gasteiger partial charge in [-0.1, -0.05) is 24.3 Å². The van der Waals surface area contributed by atoms with Crippen LogP contribution in [0.3, 0.4) is 0 Å². The SMILES string of the molecule is CCOC(=O)/C1=C/C=C2/C=C\CC3(CC3)c3nc2nc(n3)C2(CC2)C1. The van der Waals surface area contributed by atoms with Crippen molar-refractivity contribution in [3.8, 4) is 0 Å². The van der Waals surface area contributed by atoms with Crippen molar-refractivity contribution in [3.63, 3.8) is 0 Å². The summed E-state index contributed by atoms with van der Waals surface area (Å²) in [5.74, 6) is 2.34. The molecule has 3 heterocycles. The molecule has 128 valence electrons. The van der Waals surface area contributed by atoms with Gasteiger partial charge in [-0.15, -0.1) is 0 Å². The molecule has 0 atom stereocenters. The second-order valence-corrected chi connectivity index (χ2v) is 7.68. The Balaban J connectivity index is 1.67. The summed E-state index contributed by atoms with van der Waals surface area (Å²) in [6.07, 6.45) is 14.1. The maximum Gasteiger partial charge on any atom is 0.334 e. The van der Waals surface area contributed by atoms with Crippen molar-refractivity contribution < 1.29 is 9.53 Å². The molecule has 2 aliphatic heterocycles. The van der Waals surface area contributed by atoms with Gasteiger partial charge in [0.15, 0.2) is 5.82 Å². The average molecular weight is 335 g/mol. The monoisotopic (exact) mass is 335 g/mol. The Hall–Kier alpha value is -2.30. The highest BCUT2D eigenvalue weighted by Gasteiger charge is 2.52. The van der Waals surface area contributed by atoms with Gasteiger partial charge in [-0.25, -0.2) is 19.7 Å². The van der Waals surface area contributed by atoms with Crippen molar-refractivity contribution in [2.45, 2.75) is 56.3 Å². The standard InChI is InChI=1S/C20H21N3O2/c1-2-25-16(24)14-6-5-13-4-3-7-19(8-9-19)17-21-15(13)22-18(23-17)20(12-14)10-11-20/h3-6H,2,7-12H2,1H3/b4-3-,13-5-,14-6+. The van der Waals surface area contributed by atoms with Crippen molar-refractivity contribution in [3.05, 3.63) is 47.4 Å². The van der Waals surface area contributed by atoms with Crippen LogP contribution in [-0.4, -0.2) is 27.5 Å². The molecule has 2 spiro atoms. The fraction of sp³-hybridized carbons (Fsp3) is 0.500.